The van der Waals surface area contributed by atoms with Gasteiger partial charge < -0.3 is 0 Å². The van der Waals surface area contributed by atoms with Crippen LogP contribution >= 0.6 is 43.2 Å². The summed E-state index contributed by atoms with van der Waals surface area (Å²) in [6.45, 7) is 0. The Morgan fingerprint density at radius 1 is 1.16 bits per heavy atom. The third-order valence-corrected chi connectivity index (χ3v) is 5.25. The standard InChI is InChI=1S/C16H9Br2N3O3S/c17-10-3-1-9(2-4-10)14-8-25-16(19-14)20-15(22)12-7-11(21(23)24)5-6-13(12)18/h1-8H,(H,19,20,22). The van der Waals surface area contributed by atoms with E-state index in [2.05, 4.69) is 42.2 Å². The van der Waals surface area contributed by atoms with Gasteiger partial charge in [-0.25, -0.2) is 4.98 Å². The number of hydrogen-bond acceptors (Lipinski definition) is 5. The number of halogens is 2. The molecule has 0 aliphatic rings. The zero-order valence-electron chi connectivity index (χ0n) is 12.4. The van der Waals surface area contributed by atoms with Gasteiger partial charge in [0, 0.05) is 32.0 Å². The van der Waals surface area contributed by atoms with Crippen molar-refractivity contribution >= 4 is 59.9 Å². The number of hydrogen-bond donors (Lipinski definition) is 1. The van der Waals surface area contributed by atoms with E-state index in [0.29, 0.717) is 9.60 Å². The monoisotopic (exact) mass is 481 g/mol. The van der Waals surface area contributed by atoms with Crippen LogP contribution in [0.5, 0.6) is 0 Å². The summed E-state index contributed by atoms with van der Waals surface area (Å²) in [4.78, 5) is 27.1. The minimum atomic E-state index is -0.543. The first kappa shape index (κ1) is 17.7. The average Bonchev–Trinajstić information content (AvgIpc) is 3.04. The molecular weight excluding hydrogens is 474 g/mol. The highest BCUT2D eigenvalue weighted by Gasteiger charge is 2.17. The van der Waals surface area contributed by atoms with Crippen molar-refractivity contribution < 1.29 is 9.72 Å². The molecule has 0 unspecified atom stereocenters. The molecule has 0 atom stereocenters. The third-order valence-electron chi connectivity index (χ3n) is 3.27. The Morgan fingerprint density at radius 2 is 1.88 bits per heavy atom. The maximum atomic E-state index is 12.4. The minimum absolute atomic E-state index is 0.150. The van der Waals surface area contributed by atoms with Crippen LogP contribution in [0.25, 0.3) is 11.3 Å². The summed E-state index contributed by atoms with van der Waals surface area (Å²) in [6.07, 6.45) is 0. The fraction of sp³-hybridized carbons (Fsp3) is 0. The molecule has 0 aliphatic heterocycles. The highest BCUT2D eigenvalue weighted by atomic mass is 79.9. The number of nitro groups is 1. The number of nitrogens with one attached hydrogen (secondary N) is 1. The number of nitrogens with zero attached hydrogens (tertiary/aromatic N) is 2. The predicted molar refractivity (Wildman–Crippen MR) is 104 cm³/mol. The molecule has 3 aromatic rings. The molecule has 0 aliphatic carbocycles. The number of non-ortho nitro benzene ring substituents is 1. The maximum Gasteiger partial charge on any atom is 0.270 e. The molecule has 0 radical (unpaired) electrons. The normalized spacial score (nSPS) is 10.5. The zero-order valence-corrected chi connectivity index (χ0v) is 16.4. The van der Waals surface area contributed by atoms with Gasteiger partial charge in [0.15, 0.2) is 5.13 Å². The molecule has 126 valence electrons. The first-order valence-electron chi connectivity index (χ1n) is 6.91. The fourth-order valence-corrected chi connectivity index (χ4v) is 3.46. The van der Waals surface area contributed by atoms with E-state index < -0.39 is 10.8 Å². The van der Waals surface area contributed by atoms with Gasteiger partial charge in [0.1, 0.15) is 0 Å². The summed E-state index contributed by atoms with van der Waals surface area (Å²) in [7, 11) is 0. The van der Waals surface area contributed by atoms with Gasteiger partial charge in [0.25, 0.3) is 11.6 Å². The van der Waals surface area contributed by atoms with E-state index in [0.717, 1.165) is 15.7 Å². The predicted octanol–water partition coefficient (Wildman–Crippen LogP) is 5.50. The van der Waals surface area contributed by atoms with Gasteiger partial charge in [-0.2, -0.15) is 0 Å². The highest BCUT2D eigenvalue weighted by Crippen LogP contribution is 2.28. The summed E-state index contributed by atoms with van der Waals surface area (Å²) in [5.41, 5.74) is 1.69. The molecule has 0 spiro atoms. The minimum Gasteiger partial charge on any atom is -0.298 e. The smallest absolute Gasteiger partial charge is 0.270 e. The molecule has 6 nitrogen and oxygen atoms in total. The summed E-state index contributed by atoms with van der Waals surface area (Å²) < 4.78 is 1.44. The van der Waals surface area contributed by atoms with Gasteiger partial charge in [0.05, 0.1) is 16.2 Å². The lowest BCUT2D eigenvalue weighted by atomic mass is 10.2. The van der Waals surface area contributed by atoms with E-state index in [-0.39, 0.29) is 11.3 Å². The molecular formula is C16H9Br2N3O3S. The highest BCUT2D eigenvalue weighted by molar-refractivity contribution is 9.10. The van der Waals surface area contributed by atoms with Gasteiger partial charge in [0.2, 0.25) is 0 Å². The van der Waals surface area contributed by atoms with Crippen molar-refractivity contribution in [2.45, 2.75) is 0 Å². The zero-order chi connectivity index (χ0) is 18.0. The number of carbonyl (C=O) groups is 1. The van der Waals surface area contributed by atoms with Gasteiger partial charge in [-0.1, -0.05) is 28.1 Å². The molecule has 0 saturated carbocycles. The Morgan fingerprint density at radius 3 is 2.56 bits per heavy atom. The molecule has 2 aromatic carbocycles. The van der Waals surface area contributed by atoms with Crippen LogP contribution in [0.15, 0.2) is 56.8 Å². The van der Waals surface area contributed by atoms with Gasteiger partial charge in [-0.3, -0.25) is 20.2 Å². The van der Waals surface area contributed by atoms with Crippen molar-refractivity contribution in [3.8, 4) is 11.3 Å². The lowest BCUT2D eigenvalue weighted by Gasteiger charge is -2.04. The number of rotatable bonds is 4. The summed E-state index contributed by atoms with van der Waals surface area (Å²) in [5.74, 6) is -0.465. The van der Waals surface area contributed by atoms with Crippen molar-refractivity contribution in [2.24, 2.45) is 0 Å². The average molecular weight is 483 g/mol. The first-order chi connectivity index (χ1) is 11.9. The lowest BCUT2D eigenvalue weighted by Crippen LogP contribution is -2.12. The van der Waals surface area contributed by atoms with Crippen molar-refractivity contribution in [1.29, 1.82) is 0 Å². The molecule has 1 heterocycles. The largest absolute Gasteiger partial charge is 0.298 e. The van der Waals surface area contributed by atoms with Gasteiger partial charge >= 0.3 is 0 Å². The Hall–Kier alpha value is -2.10. The number of nitro benzene ring substituents is 1. The van der Waals surface area contributed by atoms with E-state index in [4.69, 9.17) is 0 Å². The molecule has 9 heteroatoms. The van der Waals surface area contributed by atoms with Crippen LogP contribution in [0.2, 0.25) is 0 Å². The number of amides is 1. The van der Waals surface area contributed by atoms with Crippen molar-refractivity contribution in [2.75, 3.05) is 5.32 Å². The van der Waals surface area contributed by atoms with Crippen LogP contribution < -0.4 is 5.32 Å². The fourth-order valence-electron chi connectivity index (χ4n) is 2.05. The van der Waals surface area contributed by atoms with Crippen molar-refractivity contribution in [3.63, 3.8) is 0 Å². The van der Waals surface area contributed by atoms with Crippen LogP contribution in [0.3, 0.4) is 0 Å². The summed E-state index contributed by atoms with van der Waals surface area (Å²) in [6, 6.07) is 11.7. The molecule has 3 rings (SSSR count). The topological polar surface area (TPSA) is 85.1 Å². The SMILES string of the molecule is O=C(Nc1nc(-c2ccc(Br)cc2)cs1)c1cc([N+](=O)[O-])ccc1Br. The van der Waals surface area contributed by atoms with Gasteiger partial charge in [-0.05, 0) is 34.1 Å². The van der Waals surface area contributed by atoms with Gasteiger partial charge in [-0.15, -0.1) is 11.3 Å². The first-order valence-corrected chi connectivity index (χ1v) is 9.37. The quantitative estimate of drug-likeness (QED) is 0.393. The third kappa shape index (κ3) is 4.12. The summed E-state index contributed by atoms with van der Waals surface area (Å²) >= 11 is 7.90. The van der Waals surface area contributed by atoms with Crippen LogP contribution in [0, 0.1) is 10.1 Å². The lowest BCUT2D eigenvalue weighted by molar-refractivity contribution is -0.384. The summed E-state index contributed by atoms with van der Waals surface area (Å²) in [5, 5.41) is 15.8. The Bertz CT molecular complexity index is 958. The molecule has 0 saturated heterocycles. The molecule has 0 fully saturated rings. The van der Waals surface area contributed by atoms with Crippen LogP contribution in [-0.4, -0.2) is 15.8 Å². The molecule has 1 aromatic heterocycles. The van der Waals surface area contributed by atoms with E-state index in [1.54, 1.807) is 0 Å². The molecule has 0 bridgehead atoms. The Labute approximate surface area is 163 Å². The van der Waals surface area contributed by atoms with Crippen LogP contribution in [0.1, 0.15) is 10.4 Å². The number of benzene rings is 2. The van der Waals surface area contributed by atoms with Crippen LogP contribution in [-0.2, 0) is 0 Å². The Balaban J connectivity index is 1.81. The molecule has 1 amide bonds. The van der Waals surface area contributed by atoms with Crippen LogP contribution in [0.4, 0.5) is 10.8 Å². The number of carbonyl (C=O) groups excluding carboxylic acids is 1. The Kier molecular flexibility index (Phi) is 5.26. The second kappa shape index (κ2) is 7.42. The van der Waals surface area contributed by atoms with E-state index in [9.17, 15) is 14.9 Å². The second-order valence-corrected chi connectivity index (χ2v) is 7.55. The molecule has 25 heavy (non-hydrogen) atoms. The number of thiazole rings is 1. The van der Waals surface area contributed by atoms with E-state index >= 15 is 0 Å². The maximum absolute atomic E-state index is 12.4. The molecule has 1 N–H and O–H groups in total. The number of aromatic nitrogens is 1. The number of anilines is 1. The van der Waals surface area contributed by atoms with Crippen molar-refractivity contribution in [3.05, 3.63) is 72.5 Å². The van der Waals surface area contributed by atoms with Crippen molar-refractivity contribution in [1.82, 2.24) is 4.98 Å². The van der Waals surface area contributed by atoms with E-state index in [1.807, 2.05) is 29.6 Å². The van der Waals surface area contributed by atoms with E-state index in [1.165, 1.54) is 29.5 Å². The second-order valence-electron chi connectivity index (χ2n) is 4.92.